The zero-order valence-corrected chi connectivity index (χ0v) is 17.9. The number of halogens is 2. The molecule has 31 heavy (non-hydrogen) atoms. The monoisotopic (exact) mass is 422 g/mol. The van der Waals surface area contributed by atoms with Gasteiger partial charge in [-0.05, 0) is 72.0 Å². The lowest BCUT2D eigenvalue weighted by Crippen LogP contribution is -1.88. The Bertz CT molecular complexity index is 1340. The van der Waals surface area contributed by atoms with Crippen LogP contribution in [0.2, 0.25) is 5.02 Å². The Kier molecular flexibility index (Phi) is 6.37. The molecule has 0 bridgehead atoms. The summed E-state index contributed by atoms with van der Waals surface area (Å²) in [6, 6.07) is 24.6. The number of hydrogen-bond donors (Lipinski definition) is 0. The smallest absolute Gasteiger partial charge is 0.146 e. The standard InChI is InChI=1S/C29H20ClF/c1-2-3-21-4-6-22(7-5-21)8-9-24-13-19-28-26(20-24)16-15-25(29(28)31)14-10-23-11-17-27(30)18-12-23/h4-7,11-13,15-20H,2-3H2,1H3. The van der Waals surface area contributed by atoms with E-state index in [1.54, 1.807) is 24.3 Å². The van der Waals surface area contributed by atoms with Crippen molar-refractivity contribution >= 4 is 22.4 Å². The normalized spacial score (nSPS) is 10.2. The van der Waals surface area contributed by atoms with Gasteiger partial charge in [-0.25, -0.2) is 4.39 Å². The molecule has 0 N–H and O–H groups in total. The molecule has 4 aromatic rings. The summed E-state index contributed by atoms with van der Waals surface area (Å²) in [5, 5.41) is 1.99. The highest BCUT2D eigenvalue weighted by atomic mass is 35.5. The summed E-state index contributed by atoms with van der Waals surface area (Å²) in [6.45, 7) is 2.17. The van der Waals surface area contributed by atoms with Crippen LogP contribution < -0.4 is 0 Å². The van der Waals surface area contributed by atoms with Crippen molar-refractivity contribution in [1.29, 1.82) is 0 Å². The van der Waals surface area contributed by atoms with Crippen molar-refractivity contribution in [3.05, 3.63) is 118 Å². The highest BCUT2D eigenvalue weighted by Gasteiger charge is 2.06. The first kappa shape index (κ1) is 20.7. The first-order chi connectivity index (χ1) is 15.1. The van der Waals surface area contributed by atoms with Gasteiger partial charge >= 0.3 is 0 Å². The summed E-state index contributed by atoms with van der Waals surface area (Å²) in [7, 11) is 0. The summed E-state index contributed by atoms with van der Waals surface area (Å²) in [5.74, 6) is 12.0. The SMILES string of the molecule is CCCc1ccc(C#Cc2ccc3c(F)c(C#Cc4ccc(Cl)cc4)ccc3c2)cc1. The summed E-state index contributed by atoms with van der Waals surface area (Å²) >= 11 is 5.89. The molecule has 150 valence electrons. The van der Waals surface area contributed by atoms with Gasteiger partial charge < -0.3 is 0 Å². The number of fused-ring (bicyclic) bond motifs is 1. The molecule has 0 aliphatic carbocycles. The molecule has 4 aromatic carbocycles. The maximum absolute atomic E-state index is 15.0. The molecule has 2 heteroatoms. The van der Waals surface area contributed by atoms with Gasteiger partial charge in [0, 0.05) is 27.1 Å². The fraction of sp³-hybridized carbons (Fsp3) is 0.103. The van der Waals surface area contributed by atoms with E-state index in [4.69, 9.17) is 11.6 Å². The largest absolute Gasteiger partial charge is 0.205 e. The van der Waals surface area contributed by atoms with Crippen LogP contribution in [0.4, 0.5) is 4.39 Å². The molecule has 0 spiro atoms. The molecule has 0 heterocycles. The van der Waals surface area contributed by atoms with E-state index in [1.165, 1.54) is 5.56 Å². The predicted molar refractivity (Wildman–Crippen MR) is 128 cm³/mol. The highest BCUT2D eigenvalue weighted by Crippen LogP contribution is 2.22. The van der Waals surface area contributed by atoms with Crippen molar-refractivity contribution in [3.8, 4) is 23.7 Å². The first-order valence-electron chi connectivity index (χ1n) is 10.2. The van der Waals surface area contributed by atoms with Gasteiger partial charge in [0.05, 0.1) is 5.56 Å². The number of aryl methyl sites for hydroxylation is 1. The molecule has 0 aliphatic heterocycles. The maximum atomic E-state index is 15.0. The second-order valence-corrected chi connectivity index (χ2v) is 7.75. The van der Waals surface area contributed by atoms with Crippen LogP contribution in [0.25, 0.3) is 10.8 Å². The van der Waals surface area contributed by atoms with Gasteiger partial charge in [-0.3, -0.25) is 0 Å². The minimum Gasteiger partial charge on any atom is -0.205 e. The third kappa shape index (κ3) is 5.16. The molecular weight excluding hydrogens is 403 g/mol. The number of benzene rings is 4. The summed E-state index contributed by atoms with van der Waals surface area (Å²) in [4.78, 5) is 0. The molecular formula is C29H20ClF. The van der Waals surface area contributed by atoms with Gasteiger partial charge in [0.25, 0.3) is 0 Å². The number of hydrogen-bond acceptors (Lipinski definition) is 0. The van der Waals surface area contributed by atoms with Crippen molar-refractivity contribution in [1.82, 2.24) is 0 Å². The van der Waals surface area contributed by atoms with Crippen LogP contribution in [0.15, 0.2) is 78.9 Å². The third-order valence-electron chi connectivity index (χ3n) is 4.98. The average molecular weight is 423 g/mol. The quantitative estimate of drug-likeness (QED) is 0.295. The van der Waals surface area contributed by atoms with E-state index in [1.807, 2.05) is 42.5 Å². The second kappa shape index (κ2) is 9.53. The van der Waals surface area contributed by atoms with Crippen LogP contribution in [0, 0.1) is 29.5 Å². The van der Waals surface area contributed by atoms with Crippen LogP contribution in [0.5, 0.6) is 0 Å². The first-order valence-corrected chi connectivity index (χ1v) is 10.6. The Labute approximate surface area is 187 Å². The van der Waals surface area contributed by atoms with Crippen molar-refractivity contribution in [3.63, 3.8) is 0 Å². The Morgan fingerprint density at radius 1 is 0.710 bits per heavy atom. The fourth-order valence-electron chi connectivity index (χ4n) is 3.33. The van der Waals surface area contributed by atoms with Crippen molar-refractivity contribution in [2.75, 3.05) is 0 Å². The van der Waals surface area contributed by atoms with Crippen LogP contribution >= 0.6 is 11.6 Å². The Morgan fingerprint density at radius 2 is 1.32 bits per heavy atom. The van der Waals surface area contributed by atoms with Gasteiger partial charge in [-0.1, -0.05) is 72.9 Å². The minimum atomic E-state index is -0.315. The molecule has 0 saturated carbocycles. The fourth-order valence-corrected chi connectivity index (χ4v) is 3.45. The molecule has 0 unspecified atom stereocenters. The molecule has 0 nitrogen and oxygen atoms in total. The Balaban J connectivity index is 1.58. The van der Waals surface area contributed by atoms with Crippen LogP contribution in [-0.4, -0.2) is 0 Å². The van der Waals surface area contributed by atoms with Gasteiger partial charge in [0.2, 0.25) is 0 Å². The van der Waals surface area contributed by atoms with E-state index in [2.05, 4.69) is 42.7 Å². The van der Waals surface area contributed by atoms with E-state index in [-0.39, 0.29) is 5.82 Å². The Morgan fingerprint density at radius 3 is 2.03 bits per heavy atom. The lowest BCUT2D eigenvalue weighted by molar-refractivity contribution is 0.636. The number of rotatable bonds is 2. The topological polar surface area (TPSA) is 0 Å². The van der Waals surface area contributed by atoms with Gasteiger partial charge in [0.15, 0.2) is 0 Å². The molecule has 0 saturated heterocycles. The second-order valence-electron chi connectivity index (χ2n) is 7.32. The summed E-state index contributed by atoms with van der Waals surface area (Å²) < 4.78 is 15.0. The molecule has 0 radical (unpaired) electrons. The molecule has 0 fully saturated rings. The highest BCUT2D eigenvalue weighted by molar-refractivity contribution is 6.30. The van der Waals surface area contributed by atoms with E-state index in [0.29, 0.717) is 16.0 Å². The van der Waals surface area contributed by atoms with Crippen molar-refractivity contribution < 1.29 is 4.39 Å². The summed E-state index contributed by atoms with van der Waals surface area (Å²) in [5.41, 5.74) is 4.30. The van der Waals surface area contributed by atoms with Gasteiger partial charge in [0.1, 0.15) is 5.82 Å². The molecule has 0 aromatic heterocycles. The predicted octanol–water partition coefficient (Wildman–Crippen LogP) is 7.38. The maximum Gasteiger partial charge on any atom is 0.146 e. The van der Waals surface area contributed by atoms with Crippen LogP contribution in [0.3, 0.4) is 0 Å². The molecule has 0 atom stereocenters. The Hall–Kier alpha value is -3.52. The van der Waals surface area contributed by atoms with Crippen molar-refractivity contribution in [2.24, 2.45) is 0 Å². The average Bonchev–Trinajstić information content (AvgIpc) is 2.79. The lowest BCUT2D eigenvalue weighted by atomic mass is 10.0. The van der Waals surface area contributed by atoms with Crippen LogP contribution in [-0.2, 0) is 6.42 Å². The minimum absolute atomic E-state index is 0.315. The molecule has 0 amide bonds. The van der Waals surface area contributed by atoms with Crippen molar-refractivity contribution in [2.45, 2.75) is 19.8 Å². The van der Waals surface area contributed by atoms with E-state index < -0.39 is 0 Å². The lowest BCUT2D eigenvalue weighted by Gasteiger charge is -2.03. The zero-order valence-electron chi connectivity index (χ0n) is 17.2. The molecule has 4 rings (SSSR count). The van der Waals surface area contributed by atoms with E-state index in [9.17, 15) is 4.39 Å². The van der Waals surface area contributed by atoms with E-state index in [0.717, 1.165) is 34.9 Å². The molecule has 0 aliphatic rings. The third-order valence-corrected chi connectivity index (χ3v) is 5.24. The van der Waals surface area contributed by atoms with Gasteiger partial charge in [-0.2, -0.15) is 0 Å². The summed E-state index contributed by atoms with van der Waals surface area (Å²) in [6.07, 6.45) is 2.21. The van der Waals surface area contributed by atoms with E-state index >= 15 is 0 Å². The zero-order chi connectivity index (χ0) is 21.6. The van der Waals surface area contributed by atoms with Crippen LogP contribution in [0.1, 0.15) is 41.2 Å². The van der Waals surface area contributed by atoms with Gasteiger partial charge in [-0.15, -0.1) is 0 Å².